The second kappa shape index (κ2) is 6.54. The normalized spacial score (nSPS) is 18.8. The lowest BCUT2D eigenvalue weighted by atomic mass is 10.1. The summed E-state index contributed by atoms with van der Waals surface area (Å²) in [5.41, 5.74) is 6.96. The van der Waals surface area contributed by atoms with Crippen LogP contribution < -0.4 is 11.1 Å². The Hall–Kier alpha value is -2.14. The summed E-state index contributed by atoms with van der Waals surface area (Å²) < 4.78 is 0. The molecule has 0 amide bonds. The largest absolute Gasteiger partial charge is 0.384 e. The van der Waals surface area contributed by atoms with E-state index in [-0.39, 0.29) is 0 Å². The molecule has 2 aromatic heterocycles. The van der Waals surface area contributed by atoms with E-state index in [1.54, 1.807) is 6.20 Å². The molecule has 110 valence electrons. The minimum Gasteiger partial charge on any atom is -0.384 e. The van der Waals surface area contributed by atoms with E-state index in [0.717, 1.165) is 32.0 Å². The van der Waals surface area contributed by atoms with Crippen molar-refractivity contribution in [1.29, 1.82) is 0 Å². The van der Waals surface area contributed by atoms with Gasteiger partial charge in [0.15, 0.2) is 0 Å². The van der Waals surface area contributed by atoms with Gasteiger partial charge in [-0.1, -0.05) is 6.07 Å². The van der Waals surface area contributed by atoms with Crippen LogP contribution in [0, 0.1) is 5.92 Å². The molecule has 5 nitrogen and oxygen atoms in total. The zero-order valence-electron chi connectivity index (χ0n) is 12.1. The highest BCUT2D eigenvalue weighted by molar-refractivity contribution is 5.33. The number of nitrogens with zero attached hydrogens (tertiary/aromatic N) is 3. The Kier molecular flexibility index (Phi) is 4.31. The van der Waals surface area contributed by atoms with Crippen LogP contribution in [0.2, 0.25) is 0 Å². The maximum Gasteiger partial charge on any atom is 0.125 e. The molecule has 21 heavy (non-hydrogen) atoms. The van der Waals surface area contributed by atoms with Crippen molar-refractivity contribution in [2.24, 2.45) is 5.92 Å². The Bertz CT molecular complexity index is 572. The molecule has 3 N–H and O–H groups in total. The highest BCUT2D eigenvalue weighted by Gasteiger charge is 2.22. The van der Waals surface area contributed by atoms with Crippen molar-refractivity contribution in [1.82, 2.24) is 14.9 Å². The summed E-state index contributed by atoms with van der Waals surface area (Å²) in [6.45, 7) is 4.18. The quantitative estimate of drug-likeness (QED) is 0.878. The number of hydrogen-bond donors (Lipinski definition) is 2. The van der Waals surface area contributed by atoms with E-state index < -0.39 is 0 Å². The second-order valence-corrected chi connectivity index (χ2v) is 5.57. The number of hydrogen-bond acceptors (Lipinski definition) is 5. The van der Waals surface area contributed by atoms with E-state index in [2.05, 4.69) is 20.2 Å². The first-order valence-electron chi connectivity index (χ1n) is 7.37. The summed E-state index contributed by atoms with van der Waals surface area (Å²) in [6.07, 6.45) is 4.82. The van der Waals surface area contributed by atoms with E-state index in [4.69, 9.17) is 5.73 Å². The molecule has 0 radical (unpaired) electrons. The maximum atomic E-state index is 5.73. The van der Waals surface area contributed by atoms with Gasteiger partial charge in [-0.15, -0.1) is 0 Å². The minimum atomic E-state index is 0.597. The monoisotopic (exact) mass is 283 g/mol. The van der Waals surface area contributed by atoms with Gasteiger partial charge in [-0.25, -0.2) is 9.97 Å². The van der Waals surface area contributed by atoms with Gasteiger partial charge >= 0.3 is 0 Å². The number of rotatable bonds is 5. The van der Waals surface area contributed by atoms with Crippen molar-refractivity contribution >= 4 is 11.6 Å². The number of nitrogens with two attached hydrogens (primary N) is 1. The Morgan fingerprint density at radius 3 is 3.00 bits per heavy atom. The van der Waals surface area contributed by atoms with Gasteiger partial charge in [-0.05, 0) is 48.7 Å². The lowest BCUT2D eigenvalue weighted by Crippen LogP contribution is -2.22. The van der Waals surface area contributed by atoms with Crippen LogP contribution in [0.1, 0.15) is 12.0 Å². The lowest BCUT2D eigenvalue weighted by molar-refractivity contribution is 0.319. The minimum absolute atomic E-state index is 0.597. The molecular formula is C16H21N5. The average Bonchev–Trinajstić information content (AvgIpc) is 2.94. The molecule has 0 aromatic carbocycles. The molecule has 1 unspecified atom stereocenters. The van der Waals surface area contributed by atoms with Gasteiger partial charge in [-0.2, -0.15) is 0 Å². The fourth-order valence-electron chi connectivity index (χ4n) is 2.79. The summed E-state index contributed by atoms with van der Waals surface area (Å²) in [6, 6.07) is 9.94. The maximum absolute atomic E-state index is 5.73. The summed E-state index contributed by atoms with van der Waals surface area (Å²) in [5.74, 6) is 2.23. The molecule has 3 heterocycles. The van der Waals surface area contributed by atoms with Crippen LogP contribution >= 0.6 is 0 Å². The number of nitrogens with one attached hydrogen (secondary N) is 1. The predicted molar refractivity (Wildman–Crippen MR) is 84.8 cm³/mol. The summed E-state index contributed by atoms with van der Waals surface area (Å²) >= 11 is 0. The van der Waals surface area contributed by atoms with Crippen LogP contribution in [-0.2, 0) is 6.54 Å². The average molecular weight is 283 g/mol. The van der Waals surface area contributed by atoms with E-state index in [0.29, 0.717) is 11.7 Å². The molecule has 1 fully saturated rings. The van der Waals surface area contributed by atoms with Gasteiger partial charge in [0.2, 0.25) is 0 Å². The molecule has 3 rings (SSSR count). The molecule has 1 atom stereocenters. The molecular weight excluding hydrogens is 262 g/mol. The Morgan fingerprint density at radius 1 is 1.24 bits per heavy atom. The SMILES string of the molecule is Nc1cc(CN2CCC(CNc3ccccn3)C2)ccn1. The van der Waals surface area contributed by atoms with E-state index in [1.807, 2.05) is 36.5 Å². The van der Waals surface area contributed by atoms with Crippen molar-refractivity contribution in [3.05, 3.63) is 48.3 Å². The number of likely N-dealkylation sites (tertiary alicyclic amines) is 1. The van der Waals surface area contributed by atoms with Gasteiger partial charge in [0.25, 0.3) is 0 Å². The summed E-state index contributed by atoms with van der Waals surface area (Å²) in [7, 11) is 0. The van der Waals surface area contributed by atoms with Gasteiger partial charge in [0, 0.05) is 32.0 Å². The number of anilines is 2. The third-order valence-corrected chi connectivity index (χ3v) is 3.86. The van der Waals surface area contributed by atoms with Crippen molar-refractivity contribution in [3.8, 4) is 0 Å². The third kappa shape index (κ3) is 3.92. The highest BCUT2D eigenvalue weighted by Crippen LogP contribution is 2.19. The molecule has 0 aliphatic carbocycles. The molecule has 1 saturated heterocycles. The van der Waals surface area contributed by atoms with Gasteiger partial charge in [0.1, 0.15) is 11.6 Å². The van der Waals surface area contributed by atoms with E-state index in [9.17, 15) is 0 Å². The molecule has 0 bridgehead atoms. The molecule has 1 aliphatic heterocycles. The summed E-state index contributed by atoms with van der Waals surface area (Å²) in [4.78, 5) is 10.8. The highest BCUT2D eigenvalue weighted by atomic mass is 15.1. The van der Waals surface area contributed by atoms with Crippen LogP contribution in [0.25, 0.3) is 0 Å². The third-order valence-electron chi connectivity index (χ3n) is 3.86. The zero-order valence-corrected chi connectivity index (χ0v) is 12.1. The molecule has 0 saturated carbocycles. The first-order chi connectivity index (χ1) is 10.3. The Balaban J connectivity index is 1.47. The fraction of sp³-hybridized carbons (Fsp3) is 0.375. The van der Waals surface area contributed by atoms with Gasteiger partial charge in [0.05, 0.1) is 0 Å². The van der Waals surface area contributed by atoms with Crippen LogP contribution in [0.4, 0.5) is 11.6 Å². The molecule has 0 spiro atoms. The van der Waals surface area contributed by atoms with Crippen molar-refractivity contribution in [2.75, 3.05) is 30.7 Å². The van der Waals surface area contributed by atoms with Crippen LogP contribution in [0.5, 0.6) is 0 Å². The fourth-order valence-corrected chi connectivity index (χ4v) is 2.79. The number of aromatic nitrogens is 2. The van der Waals surface area contributed by atoms with Crippen LogP contribution in [-0.4, -0.2) is 34.5 Å². The van der Waals surface area contributed by atoms with Crippen molar-refractivity contribution in [2.45, 2.75) is 13.0 Å². The molecule has 2 aromatic rings. The van der Waals surface area contributed by atoms with Crippen molar-refractivity contribution in [3.63, 3.8) is 0 Å². The van der Waals surface area contributed by atoms with E-state index in [1.165, 1.54) is 12.0 Å². The van der Waals surface area contributed by atoms with Crippen LogP contribution in [0.15, 0.2) is 42.7 Å². The standard InChI is InChI=1S/C16H21N5/c17-15-9-13(4-7-18-15)11-21-8-5-14(12-21)10-20-16-3-1-2-6-19-16/h1-4,6-7,9,14H,5,8,10-12H2,(H2,17,18)(H,19,20). The first-order valence-corrected chi connectivity index (χ1v) is 7.37. The molecule has 1 aliphatic rings. The molecule has 5 heteroatoms. The Labute approximate surface area is 125 Å². The first kappa shape index (κ1) is 13.8. The topological polar surface area (TPSA) is 67.1 Å². The van der Waals surface area contributed by atoms with E-state index >= 15 is 0 Å². The Morgan fingerprint density at radius 2 is 2.19 bits per heavy atom. The predicted octanol–water partition coefficient (Wildman–Crippen LogP) is 1.99. The zero-order chi connectivity index (χ0) is 14.5. The lowest BCUT2D eigenvalue weighted by Gasteiger charge is -2.16. The van der Waals surface area contributed by atoms with Gasteiger partial charge < -0.3 is 11.1 Å². The second-order valence-electron chi connectivity index (χ2n) is 5.57. The van der Waals surface area contributed by atoms with Crippen LogP contribution in [0.3, 0.4) is 0 Å². The number of nitrogen functional groups attached to an aromatic ring is 1. The smallest absolute Gasteiger partial charge is 0.125 e. The van der Waals surface area contributed by atoms with Gasteiger partial charge in [-0.3, -0.25) is 4.90 Å². The summed E-state index contributed by atoms with van der Waals surface area (Å²) in [5, 5.41) is 3.41. The van der Waals surface area contributed by atoms with Crippen molar-refractivity contribution < 1.29 is 0 Å². The number of pyridine rings is 2.